The van der Waals surface area contributed by atoms with Crippen molar-refractivity contribution >= 4 is 0 Å². The molecule has 0 saturated heterocycles. The number of nitrogens with zero attached hydrogens (tertiary/aromatic N) is 1. The number of aliphatic hydroxyl groups excluding tert-OH is 1. The van der Waals surface area contributed by atoms with Crippen LogP contribution in [0.3, 0.4) is 0 Å². The van der Waals surface area contributed by atoms with Gasteiger partial charge in [-0.25, -0.2) is 0 Å². The molecule has 1 aromatic carbocycles. The van der Waals surface area contributed by atoms with Gasteiger partial charge in [-0.1, -0.05) is 6.07 Å². The van der Waals surface area contributed by atoms with E-state index in [1.807, 2.05) is 19.9 Å². The van der Waals surface area contributed by atoms with Gasteiger partial charge in [-0.05, 0) is 37.1 Å². The molecule has 100 valence electrons. The molecule has 2 rings (SSSR count). The van der Waals surface area contributed by atoms with Crippen LogP contribution in [-0.4, -0.2) is 35.8 Å². The monoisotopic (exact) mass is 250 g/mol. The van der Waals surface area contributed by atoms with E-state index in [4.69, 9.17) is 10.5 Å². The Balaban J connectivity index is 2.37. The van der Waals surface area contributed by atoms with Gasteiger partial charge in [0.1, 0.15) is 5.75 Å². The number of benzene rings is 1. The summed E-state index contributed by atoms with van der Waals surface area (Å²) < 4.78 is 5.27. The molecule has 1 atom stereocenters. The second-order valence-electron chi connectivity index (χ2n) is 5.41. The fraction of sp³-hybridized carbons (Fsp3) is 0.571. The van der Waals surface area contributed by atoms with Gasteiger partial charge in [-0.2, -0.15) is 0 Å². The Kier molecular flexibility index (Phi) is 3.61. The van der Waals surface area contributed by atoms with Crippen LogP contribution in [0, 0.1) is 0 Å². The maximum Gasteiger partial charge on any atom is 0.119 e. The maximum atomic E-state index is 9.54. The van der Waals surface area contributed by atoms with E-state index in [9.17, 15) is 5.11 Å². The lowest BCUT2D eigenvalue weighted by molar-refractivity contribution is 0.0292. The second-order valence-corrected chi connectivity index (χ2v) is 5.41. The van der Waals surface area contributed by atoms with E-state index in [2.05, 4.69) is 17.0 Å². The molecule has 0 fully saturated rings. The SMILES string of the molecule is COc1ccc2c(c1)C(CN)N(C(C)(C)CO)C2. The standard InChI is InChI=1S/C14H22N2O2/c1-14(2,9-17)16-8-10-4-5-11(18-3)6-12(10)13(16)7-15/h4-6,13,17H,7-9,15H2,1-3H3. The average Bonchev–Trinajstić information content (AvgIpc) is 2.76. The summed E-state index contributed by atoms with van der Waals surface area (Å²) in [6.45, 7) is 5.57. The van der Waals surface area contributed by atoms with Crippen LogP contribution in [0.2, 0.25) is 0 Å². The fourth-order valence-corrected chi connectivity index (χ4v) is 2.60. The van der Waals surface area contributed by atoms with Crippen LogP contribution in [0.1, 0.15) is 31.0 Å². The van der Waals surface area contributed by atoms with Crippen molar-refractivity contribution in [2.75, 3.05) is 20.3 Å². The lowest BCUT2D eigenvalue weighted by atomic mass is 10.0. The zero-order valence-corrected chi connectivity index (χ0v) is 11.3. The normalized spacial score (nSPS) is 19.9. The number of nitrogens with two attached hydrogens (primary N) is 1. The predicted molar refractivity (Wildman–Crippen MR) is 71.5 cm³/mol. The van der Waals surface area contributed by atoms with E-state index in [0.717, 1.165) is 12.3 Å². The van der Waals surface area contributed by atoms with Crippen LogP contribution in [0.4, 0.5) is 0 Å². The minimum absolute atomic E-state index is 0.120. The molecular weight excluding hydrogens is 228 g/mol. The first kappa shape index (κ1) is 13.3. The van der Waals surface area contributed by atoms with Crippen molar-refractivity contribution in [1.29, 1.82) is 0 Å². The van der Waals surface area contributed by atoms with Crippen LogP contribution in [0.25, 0.3) is 0 Å². The van der Waals surface area contributed by atoms with Crippen LogP contribution in [-0.2, 0) is 6.54 Å². The van der Waals surface area contributed by atoms with Crippen molar-refractivity contribution in [1.82, 2.24) is 4.90 Å². The summed E-state index contributed by atoms with van der Waals surface area (Å²) in [5.74, 6) is 0.857. The van der Waals surface area contributed by atoms with Crippen molar-refractivity contribution in [3.63, 3.8) is 0 Å². The molecule has 4 heteroatoms. The number of fused-ring (bicyclic) bond motifs is 1. The maximum absolute atomic E-state index is 9.54. The number of aliphatic hydroxyl groups is 1. The summed E-state index contributed by atoms with van der Waals surface area (Å²) in [4.78, 5) is 2.26. The van der Waals surface area contributed by atoms with Crippen molar-refractivity contribution in [3.8, 4) is 5.75 Å². The molecule has 4 nitrogen and oxygen atoms in total. The predicted octanol–water partition coefficient (Wildman–Crippen LogP) is 1.28. The van der Waals surface area contributed by atoms with E-state index < -0.39 is 0 Å². The van der Waals surface area contributed by atoms with Crippen LogP contribution in [0.15, 0.2) is 18.2 Å². The molecule has 1 unspecified atom stereocenters. The topological polar surface area (TPSA) is 58.7 Å². The Labute approximate surface area is 108 Å². The second kappa shape index (κ2) is 4.88. The van der Waals surface area contributed by atoms with Crippen molar-refractivity contribution in [3.05, 3.63) is 29.3 Å². The lowest BCUT2D eigenvalue weighted by Crippen LogP contribution is -2.47. The molecule has 0 bridgehead atoms. The number of ether oxygens (including phenoxy) is 1. The summed E-state index contributed by atoms with van der Waals surface area (Å²) in [5.41, 5.74) is 8.14. The molecule has 0 amide bonds. The summed E-state index contributed by atoms with van der Waals surface area (Å²) in [7, 11) is 1.67. The van der Waals surface area contributed by atoms with Gasteiger partial charge in [0.2, 0.25) is 0 Å². The summed E-state index contributed by atoms with van der Waals surface area (Å²) in [5, 5.41) is 9.54. The Bertz CT molecular complexity index is 432. The lowest BCUT2D eigenvalue weighted by Gasteiger charge is -2.38. The highest BCUT2D eigenvalue weighted by Crippen LogP contribution is 2.39. The van der Waals surface area contributed by atoms with E-state index in [0.29, 0.717) is 6.54 Å². The Morgan fingerprint density at radius 2 is 2.22 bits per heavy atom. The van der Waals surface area contributed by atoms with E-state index >= 15 is 0 Å². The molecular formula is C14H22N2O2. The summed E-state index contributed by atoms with van der Waals surface area (Å²) in [6.07, 6.45) is 0. The zero-order chi connectivity index (χ0) is 13.3. The van der Waals surface area contributed by atoms with E-state index in [-0.39, 0.29) is 18.2 Å². The number of methoxy groups -OCH3 is 1. The molecule has 0 saturated carbocycles. The van der Waals surface area contributed by atoms with E-state index in [1.54, 1.807) is 7.11 Å². The highest BCUT2D eigenvalue weighted by molar-refractivity contribution is 5.41. The molecule has 0 aliphatic carbocycles. The van der Waals surface area contributed by atoms with Crippen molar-refractivity contribution in [2.24, 2.45) is 5.73 Å². The third-order valence-corrected chi connectivity index (χ3v) is 3.82. The van der Waals surface area contributed by atoms with Crippen LogP contribution < -0.4 is 10.5 Å². The molecule has 0 spiro atoms. The molecule has 1 heterocycles. The highest BCUT2D eigenvalue weighted by atomic mass is 16.5. The zero-order valence-electron chi connectivity index (χ0n) is 11.3. The van der Waals surface area contributed by atoms with Crippen LogP contribution >= 0.6 is 0 Å². The van der Waals surface area contributed by atoms with Gasteiger partial charge in [0.05, 0.1) is 13.7 Å². The molecule has 0 radical (unpaired) electrons. The first-order valence-corrected chi connectivity index (χ1v) is 6.28. The Hall–Kier alpha value is -1.10. The first-order chi connectivity index (χ1) is 8.53. The number of hydrogen-bond acceptors (Lipinski definition) is 4. The van der Waals surface area contributed by atoms with Crippen LogP contribution in [0.5, 0.6) is 5.75 Å². The molecule has 0 aromatic heterocycles. The molecule has 1 aliphatic heterocycles. The molecule has 1 aliphatic rings. The van der Waals surface area contributed by atoms with Gasteiger partial charge in [0.25, 0.3) is 0 Å². The first-order valence-electron chi connectivity index (χ1n) is 6.28. The smallest absolute Gasteiger partial charge is 0.119 e. The molecule has 18 heavy (non-hydrogen) atoms. The minimum Gasteiger partial charge on any atom is -0.497 e. The molecule has 3 N–H and O–H groups in total. The third kappa shape index (κ3) is 2.11. The van der Waals surface area contributed by atoms with Gasteiger partial charge < -0.3 is 15.6 Å². The quantitative estimate of drug-likeness (QED) is 0.845. The number of rotatable bonds is 4. The van der Waals surface area contributed by atoms with Gasteiger partial charge in [0.15, 0.2) is 0 Å². The van der Waals surface area contributed by atoms with Crippen molar-refractivity contribution < 1.29 is 9.84 Å². The average molecular weight is 250 g/mol. The van der Waals surface area contributed by atoms with Gasteiger partial charge in [0, 0.05) is 24.7 Å². The summed E-state index contributed by atoms with van der Waals surface area (Å²) in [6, 6.07) is 6.27. The third-order valence-electron chi connectivity index (χ3n) is 3.82. The van der Waals surface area contributed by atoms with Gasteiger partial charge >= 0.3 is 0 Å². The Morgan fingerprint density at radius 3 is 2.78 bits per heavy atom. The minimum atomic E-state index is -0.268. The Morgan fingerprint density at radius 1 is 1.50 bits per heavy atom. The van der Waals surface area contributed by atoms with Gasteiger partial charge in [-0.3, -0.25) is 4.90 Å². The van der Waals surface area contributed by atoms with Crippen molar-refractivity contribution in [2.45, 2.75) is 32.0 Å². The summed E-state index contributed by atoms with van der Waals surface area (Å²) >= 11 is 0. The number of hydrogen-bond donors (Lipinski definition) is 2. The highest BCUT2D eigenvalue weighted by Gasteiger charge is 2.38. The van der Waals surface area contributed by atoms with E-state index in [1.165, 1.54) is 11.1 Å². The fourth-order valence-electron chi connectivity index (χ4n) is 2.60. The van der Waals surface area contributed by atoms with Gasteiger partial charge in [-0.15, -0.1) is 0 Å². The largest absolute Gasteiger partial charge is 0.497 e. The molecule has 1 aromatic rings.